The SMILES string of the molecule is CC(C)CC(N)C(=O)NC(Cc1ccc(OCc2ccccc2)cc1)C(=O)NCc1ccccc1. The molecule has 6 nitrogen and oxygen atoms in total. The fourth-order valence-corrected chi connectivity index (χ4v) is 3.71. The van der Waals surface area contributed by atoms with Crippen LogP contribution in [-0.2, 0) is 29.2 Å². The number of carbonyl (C=O) groups excluding carboxylic acids is 2. The van der Waals surface area contributed by atoms with Crippen molar-refractivity contribution < 1.29 is 14.3 Å². The number of amides is 2. The predicted octanol–water partition coefficient (Wildman–Crippen LogP) is 3.98. The second-order valence-electron chi connectivity index (χ2n) is 9.12. The number of benzene rings is 3. The summed E-state index contributed by atoms with van der Waals surface area (Å²) in [4.78, 5) is 25.7. The number of ether oxygens (including phenoxy) is 1. The first kappa shape index (κ1) is 26.0. The van der Waals surface area contributed by atoms with Gasteiger partial charge in [0.25, 0.3) is 0 Å². The van der Waals surface area contributed by atoms with Gasteiger partial charge in [-0.25, -0.2) is 0 Å². The zero-order valence-electron chi connectivity index (χ0n) is 20.4. The van der Waals surface area contributed by atoms with E-state index in [1.54, 1.807) is 0 Å². The summed E-state index contributed by atoms with van der Waals surface area (Å²) in [6.45, 7) is 4.89. The molecule has 0 heterocycles. The van der Waals surface area contributed by atoms with Crippen LogP contribution in [0.2, 0.25) is 0 Å². The minimum Gasteiger partial charge on any atom is -0.489 e. The molecule has 0 saturated carbocycles. The summed E-state index contributed by atoms with van der Waals surface area (Å²) in [5, 5.41) is 5.80. The highest BCUT2D eigenvalue weighted by molar-refractivity contribution is 5.89. The Kier molecular flexibility index (Phi) is 9.87. The Labute approximate surface area is 207 Å². The Morgan fingerprint density at radius 3 is 2.00 bits per heavy atom. The van der Waals surface area contributed by atoms with E-state index in [-0.39, 0.29) is 17.7 Å². The third-order valence-corrected chi connectivity index (χ3v) is 5.62. The highest BCUT2D eigenvalue weighted by Gasteiger charge is 2.24. The van der Waals surface area contributed by atoms with Gasteiger partial charge in [-0.1, -0.05) is 86.6 Å². The summed E-state index contributed by atoms with van der Waals surface area (Å²) in [6, 6.07) is 25.8. The smallest absolute Gasteiger partial charge is 0.243 e. The fraction of sp³-hybridized carbons (Fsp3) is 0.310. The minimum absolute atomic E-state index is 0.247. The molecule has 184 valence electrons. The molecule has 0 spiro atoms. The van der Waals surface area contributed by atoms with E-state index < -0.39 is 12.1 Å². The molecule has 35 heavy (non-hydrogen) atoms. The normalized spacial score (nSPS) is 12.6. The summed E-state index contributed by atoms with van der Waals surface area (Å²) >= 11 is 0. The van der Waals surface area contributed by atoms with Crippen molar-refractivity contribution in [2.45, 2.75) is 51.9 Å². The highest BCUT2D eigenvalue weighted by Crippen LogP contribution is 2.16. The molecule has 2 unspecified atom stereocenters. The number of nitrogens with one attached hydrogen (secondary N) is 2. The van der Waals surface area contributed by atoms with Crippen LogP contribution in [0.1, 0.15) is 37.0 Å². The van der Waals surface area contributed by atoms with Crippen molar-refractivity contribution in [1.82, 2.24) is 10.6 Å². The second kappa shape index (κ2) is 13.3. The van der Waals surface area contributed by atoms with Gasteiger partial charge >= 0.3 is 0 Å². The van der Waals surface area contributed by atoms with Gasteiger partial charge in [0.1, 0.15) is 18.4 Å². The third-order valence-electron chi connectivity index (χ3n) is 5.62. The summed E-state index contributed by atoms with van der Waals surface area (Å²) in [6.07, 6.45) is 0.900. The topological polar surface area (TPSA) is 93.5 Å². The second-order valence-corrected chi connectivity index (χ2v) is 9.12. The van der Waals surface area contributed by atoms with Crippen LogP contribution in [0, 0.1) is 5.92 Å². The molecule has 3 rings (SSSR count). The molecular formula is C29H35N3O3. The van der Waals surface area contributed by atoms with Crippen molar-refractivity contribution in [3.05, 3.63) is 102 Å². The first-order valence-electron chi connectivity index (χ1n) is 12.0. The van der Waals surface area contributed by atoms with E-state index in [9.17, 15) is 9.59 Å². The Morgan fingerprint density at radius 2 is 1.40 bits per heavy atom. The Hall–Kier alpha value is -3.64. The van der Waals surface area contributed by atoms with Gasteiger partial charge in [0.2, 0.25) is 11.8 Å². The van der Waals surface area contributed by atoms with E-state index in [2.05, 4.69) is 10.6 Å². The Morgan fingerprint density at radius 1 is 0.800 bits per heavy atom. The average molecular weight is 474 g/mol. The lowest BCUT2D eigenvalue weighted by Gasteiger charge is -2.22. The summed E-state index contributed by atoms with van der Waals surface area (Å²) in [5.41, 5.74) is 9.06. The van der Waals surface area contributed by atoms with Crippen molar-refractivity contribution in [2.75, 3.05) is 0 Å². The molecule has 0 aliphatic carbocycles. The maximum atomic E-state index is 13.0. The van der Waals surface area contributed by atoms with Gasteiger partial charge in [-0.15, -0.1) is 0 Å². The van der Waals surface area contributed by atoms with Crippen molar-refractivity contribution in [3.8, 4) is 5.75 Å². The third kappa shape index (κ3) is 8.91. The predicted molar refractivity (Wildman–Crippen MR) is 139 cm³/mol. The lowest BCUT2D eigenvalue weighted by molar-refractivity contribution is -0.129. The van der Waals surface area contributed by atoms with E-state index in [0.29, 0.717) is 26.0 Å². The van der Waals surface area contributed by atoms with Gasteiger partial charge in [-0.2, -0.15) is 0 Å². The van der Waals surface area contributed by atoms with Crippen LogP contribution in [-0.4, -0.2) is 23.9 Å². The van der Waals surface area contributed by atoms with E-state index in [1.807, 2.05) is 98.8 Å². The molecule has 0 bridgehead atoms. The van der Waals surface area contributed by atoms with Gasteiger partial charge in [0, 0.05) is 13.0 Å². The van der Waals surface area contributed by atoms with Gasteiger partial charge in [-0.3, -0.25) is 9.59 Å². The first-order chi connectivity index (χ1) is 16.9. The van der Waals surface area contributed by atoms with Crippen molar-refractivity contribution in [2.24, 2.45) is 11.7 Å². The summed E-state index contributed by atoms with van der Waals surface area (Å²) in [5.74, 6) is 0.458. The lowest BCUT2D eigenvalue weighted by atomic mass is 10.0. The van der Waals surface area contributed by atoms with Gasteiger partial charge in [0.15, 0.2) is 0 Å². The monoisotopic (exact) mass is 473 g/mol. The van der Waals surface area contributed by atoms with Crippen molar-refractivity contribution in [3.63, 3.8) is 0 Å². The molecule has 0 aliphatic heterocycles. The first-order valence-corrected chi connectivity index (χ1v) is 12.0. The quantitative estimate of drug-likeness (QED) is 0.371. The lowest BCUT2D eigenvalue weighted by Crippen LogP contribution is -2.52. The summed E-state index contributed by atoms with van der Waals surface area (Å²) < 4.78 is 5.85. The maximum Gasteiger partial charge on any atom is 0.243 e. The fourth-order valence-electron chi connectivity index (χ4n) is 3.71. The molecule has 3 aromatic rings. The molecule has 4 N–H and O–H groups in total. The number of nitrogens with two attached hydrogens (primary N) is 1. The zero-order valence-corrected chi connectivity index (χ0v) is 20.4. The standard InChI is InChI=1S/C29H35N3O3/c1-21(2)17-26(30)28(33)32-27(29(34)31-19-23-9-5-3-6-10-23)18-22-13-15-25(16-14-22)35-20-24-11-7-4-8-12-24/h3-16,21,26-27H,17-20,30H2,1-2H3,(H,31,34)(H,32,33). The molecule has 2 amide bonds. The van der Waals surface area contributed by atoms with Gasteiger partial charge in [0.05, 0.1) is 6.04 Å². The van der Waals surface area contributed by atoms with Gasteiger partial charge < -0.3 is 21.1 Å². The molecule has 0 radical (unpaired) electrons. The van der Waals surface area contributed by atoms with E-state index >= 15 is 0 Å². The van der Waals surface area contributed by atoms with Crippen molar-refractivity contribution >= 4 is 11.8 Å². The van der Waals surface area contributed by atoms with Crippen LogP contribution in [0.25, 0.3) is 0 Å². The number of carbonyl (C=O) groups is 2. The Bertz CT molecular complexity index is 1050. The van der Waals surface area contributed by atoms with Gasteiger partial charge in [-0.05, 0) is 41.2 Å². The van der Waals surface area contributed by atoms with E-state index in [1.165, 1.54) is 0 Å². The summed E-state index contributed by atoms with van der Waals surface area (Å²) in [7, 11) is 0. The average Bonchev–Trinajstić information content (AvgIpc) is 2.87. The van der Waals surface area contributed by atoms with Crippen LogP contribution < -0.4 is 21.1 Å². The van der Waals surface area contributed by atoms with Crippen LogP contribution in [0.4, 0.5) is 0 Å². The molecule has 0 aliphatic rings. The van der Waals surface area contributed by atoms with Crippen LogP contribution in [0.3, 0.4) is 0 Å². The molecule has 0 fully saturated rings. The number of rotatable bonds is 12. The van der Waals surface area contributed by atoms with Crippen LogP contribution >= 0.6 is 0 Å². The minimum atomic E-state index is -0.736. The Balaban J connectivity index is 1.64. The highest BCUT2D eigenvalue weighted by atomic mass is 16.5. The molecule has 6 heteroatoms. The zero-order chi connectivity index (χ0) is 25.0. The van der Waals surface area contributed by atoms with Crippen LogP contribution in [0.5, 0.6) is 5.75 Å². The number of hydrogen-bond donors (Lipinski definition) is 3. The van der Waals surface area contributed by atoms with Crippen LogP contribution in [0.15, 0.2) is 84.9 Å². The van der Waals surface area contributed by atoms with Crippen molar-refractivity contribution in [1.29, 1.82) is 0 Å². The molecule has 3 aromatic carbocycles. The number of hydrogen-bond acceptors (Lipinski definition) is 4. The molecular weight excluding hydrogens is 438 g/mol. The maximum absolute atomic E-state index is 13.0. The largest absolute Gasteiger partial charge is 0.489 e. The molecule has 2 atom stereocenters. The van der Waals surface area contributed by atoms with E-state index in [0.717, 1.165) is 22.4 Å². The molecule has 0 saturated heterocycles. The molecule has 0 aromatic heterocycles. The van der Waals surface area contributed by atoms with E-state index in [4.69, 9.17) is 10.5 Å².